The van der Waals surface area contributed by atoms with Gasteiger partial charge in [-0.05, 0) is 61.7 Å². The van der Waals surface area contributed by atoms with Crippen molar-refractivity contribution in [3.63, 3.8) is 0 Å². The first-order valence-corrected chi connectivity index (χ1v) is 17.6. The van der Waals surface area contributed by atoms with Crippen LogP contribution in [-0.4, -0.2) is 20.3 Å². The first-order valence-electron chi connectivity index (χ1n) is 12.2. The molecule has 0 aliphatic rings. The Balaban J connectivity index is 0.000000336. The molecule has 0 spiro atoms. The van der Waals surface area contributed by atoms with Crippen LogP contribution < -0.4 is 10.6 Å². The molecule has 6 heteroatoms. The minimum absolute atomic E-state index is 0.190. The standard InChI is InChI=1S/C21H21O2PS.C10H14.ClH.Ru/c22-25(23,21-15-8-3-9-16-21)18-10-17-24(19-11-4-1-5-12-19)20-13-6-2-7-14-20;1-8(2)10-6-4-9(3)5-7-10;;/h1-9,11-16H,10,17-18H2;4-8H,1-3H3;1H;/q;;;+2/p-1. The van der Waals surface area contributed by atoms with E-state index in [0.717, 1.165) is 6.16 Å². The van der Waals surface area contributed by atoms with Gasteiger partial charge in [-0.3, -0.25) is 0 Å². The van der Waals surface area contributed by atoms with E-state index < -0.39 is 17.8 Å². The Morgan fingerprint density at radius 1 is 0.703 bits per heavy atom. The summed E-state index contributed by atoms with van der Waals surface area (Å²) >= 11 is 1.82. The fourth-order valence-corrected chi connectivity index (χ4v) is 7.63. The average Bonchev–Trinajstić information content (AvgIpc) is 2.94. The van der Waals surface area contributed by atoms with Crippen molar-refractivity contribution in [3.05, 3.63) is 126 Å². The van der Waals surface area contributed by atoms with Gasteiger partial charge in [0.05, 0.1) is 10.6 Å². The van der Waals surface area contributed by atoms with Gasteiger partial charge in [0.2, 0.25) is 0 Å². The molecule has 0 N–H and O–H groups in total. The Hall–Kier alpha value is -1.83. The molecule has 4 aromatic carbocycles. The van der Waals surface area contributed by atoms with E-state index in [0.29, 0.717) is 17.2 Å². The van der Waals surface area contributed by atoms with Gasteiger partial charge in [0.15, 0.2) is 9.84 Å². The molecule has 0 bridgehead atoms. The Bertz CT molecular complexity index is 1210. The maximum atomic E-state index is 12.5. The van der Waals surface area contributed by atoms with E-state index in [1.54, 1.807) is 24.3 Å². The Labute approximate surface area is 238 Å². The fourth-order valence-electron chi connectivity index (χ4n) is 3.73. The van der Waals surface area contributed by atoms with E-state index in [9.17, 15) is 8.42 Å². The molecule has 0 aliphatic heterocycles. The fraction of sp³-hybridized carbons (Fsp3) is 0.226. The van der Waals surface area contributed by atoms with Gasteiger partial charge >= 0.3 is 27.0 Å². The van der Waals surface area contributed by atoms with Gasteiger partial charge in [0.1, 0.15) is 0 Å². The molecule has 4 rings (SSSR count). The third-order valence-electron chi connectivity index (χ3n) is 5.78. The number of aryl methyl sites for hydroxylation is 1. The van der Waals surface area contributed by atoms with Crippen molar-refractivity contribution in [2.24, 2.45) is 0 Å². The van der Waals surface area contributed by atoms with Gasteiger partial charge < -0.3 is 0 Å². The third-order valence-corrected chi connectivity index (χ3v) is 10.2. The zero-order valence-corrected chi connectivity index (χ0v) is 25.8. The summed E-state index contributed by atoms with van der Waals surface area (Å²) in [6.45, 7) is 6.54. The van der Waals surface area contributed by atoms with Crippen LogP contribution in [-0.2, 0) is 27.1 Å². The summed E-state index contributed by atoms with van der Waals surface area (Å²) in [6, 6.07) is 38.2. The molecule has 196 valence electrons. The van der Waals surface area contributed by atoms with Crippen LogP contribution in [0, 0.1) is 6.92 Å². The van der Waals surface area contributed by atoms with Crippen LogP contribution in [0.3, 0.4) is 0 Å². The molecule has 0 saturated carbocycles. The topological polar surface area (TPSA) is 34.1 Å². The zero-order valence-electron chi connectivity index (χ0n) is 21.6. The normalized spacial score (nSPS) is 10.8. The molecule has 0 amide bonds. The Kier molecular flexibility index (Phi) is 14.3. The van der Waals surface area contributed by atoms with E-state index in [1.165, 1.54) is 21.7 Å². The number of rotatable bonds is 8. The van der Waals surface area contributed by atoms with Crippen LogP contribution >= 0.6 is 17.6 Å². The van der Waals surface area contributed by atoms with E-state index in [4.69, 9.17) is 0 Å². The molecule has 0 radical (unpaired) electrons. The summed E-state index contributed by atoms with van der Waals surface area (Å²) in [5.74, 6) is 0.843. The summed E-state index contributed by atoms with van der Waals surface area (Å²) in [6.07, 6.45) is 1.53. The monoisotopic (exact) mass is 639 g/mol. The Morgan fingerprint density at radius 2 is 1.14 bits per heavy atom. The average molecular weight is 639 g/mol. The molecule has 0 unspecified atom stereocenters. The number of benzene rings is 4. The summed E-state index contributed by atoms with van der Waals surface area (Å²) in [7, 11) is 0.822. The van der Waals surface area contributed by atoms with Gasteiger partial charge in [-0.15, -0.1) is 0 Å². The first-order chi connectivity index (χ1) is 17.9. The summed E-state index contributed by atoms with van der Waals surface area (Å²) in [4.78, 5) is 0.416. The van der Waals surface area contributed by atoms with Gasteiger partial charge in [0, 0.05) is 0 Å². The van der Waals surface area contributed by atoms with E-state index >= 15 is 0 Å². The van der Waals surface area contributed by atoms with E-state index in [2.05, 4.69) is 79.0 Å². The molecular formula is C31H35ClO2PRuS+. The van der Waals surface area contributed by atoms with Crippen molar-refractivity contribution in [2.75, 3.05) is 11.9 Å². The molecule has 0 aliphatic carbocycles. The predicted molar refractivity (Wildman–Crippen MR) is 158 cm³/mol. The molecular weight excluding hydrogens is 604 g/mol. The summed E-state index contributed by atoms with van der Waals surface area (Å²) in [5, 5.41) is 2.58. The van der Waals surface area contributed by atoms with Crippen LogP contribution in [0.2, 0.25) is 0 Å². The van der Waals surface area contributed by atoms with Gasteiger partial charge in [-0.1, -0.05) is 123 Å². The van der Waals surface area contributed by atoms with Crippen molar-refractivity contribution < 1.29 is 25.7 Å². The number of hydrogen-bond acceptors (Lipinski definition) is 2. The van der Waals surface area contributed by atoms with Crippen LogP contribution in [0.4, 0.5) is 0 Å². The predicted octanol–water partition coefficient (Wildman–Crippen LogP) is 7.79. The van der Waals surface area contributed by atoms with Crippen LogP contribution in [0.15, 0.2) is 120 Å². The zero-order chi connectivity index (χ0) is 27.1. The first kappa shape index (κ1) is 31.4. The molecule has 0 heterocycles. The molecule has 0 saturated heterocycles. The second-order valence-corrected chi connectivity index (χ2v) is 13.3. The van der Waals surface area contributed by atoms with Crippen LogP contribution in [0.1, 0.15) is 37.3 Å². The second kappa shape index (κ2) is 16.9. The number of halogens is 1. The minimum atomic E-state index is -3.21. The van der Waals surface area contributed by atoms with E-state index in [-0.39, 0.29) is 5.75 Å². The molecule has 0 atom stereocenters. The second-order valence-electron chi connectivity index (χ2n) is 8.87. The van der Waals surface area contributed by atoms with Crippen LogP contribution in [0.5, 0.6) is 0 Å². The van der Waals surface area contributed by atoms with Gasteiger partial charge in [-0.25, -0.2) is 8.42 Å². The van der Waals surface area contributed by atoms with Crippen molar-refractivity contribution in [1.29, 1.82) is 0 Å². The van der Waals surface area contributed by atoms with Crippen LogP contribution in [0.25, 0.3) is 0 Å². The number of hydrogen-bond donors (Lipinski definition) is 0. The molecule has 0 fully saturated rings. The molecule has 37 heavy (non-hydrogen) atoms. The summed E-state index contributed by atoms with van der Waals surface area (Å²) in [5.41, 5.74) is 2.76. The number of sulfone groups is 1. The Morgan fingerprint density at radius 3 is 1.57 bits per heavy atom. The van der Waals surface area contributed by atoms with Crippen molar-refractivity contribution >= 4 is 38.1 Å². The third kappa shape index (κ3) is 10.8. The summed E-state index contributed by atoms with van der Waals surface area (Å²) < 4.78 is 25.0. The van der Waals surface area contributed by atoms with Crippen molar-refractivity contribution in [2.45, 2.75) is 38.0 Å². The molecule has 2 nitrogen and oxygen atoms in total. The van der Waals surface area contributed by atoms with Gasteiger partial charge in [0.25, 0.3) is 0 Å². The van der Waals surface area contributed by atoms with Crippen molar-refractivity contribution in [1.82, 2.24) is 0 Å². The quantitative estimate of drug-likeness (QED) is 0.146. The molecule has 0 aromatic heterocycles. The molecule has 4 aromatic rings. The van der Waals surface area contributed by atoms with Gasteiger partial charge in [-0.2, -0.15) is 0 Å². The SMILES string of the molecule is Cc1ccc(C(C)C)cc1.O=S(=O)(CCCP(c1ccccc1)c1ccccc1)c1ccccc1.[Cl][Ru+]. The van der Waals surface area contributed by atoms with Crippen molar-refractivity contribution in [3.8, 4) is 0 Å². The van der Waals surface area contributed by atoms with E-state index in [1.807, 2.05) is 59.8 Å². The maximum absolute atomic E-state index is 12.5.